The predicted molar refractivity (Wildman–Crippen MR) is 113 cm³/mol. The average molecular weight is 433 g/mol. The molecule has 0 atom stereocenters. The number of amides is 1. The Morgan fingerprint density at radius 2 is 1.66 bits per heavy atom. The third-order valence-corrected chi connectivity index (χ3v) is 5.92. The smallest absolute Gasteiger partial charge is 0.261 e. The third kappa shape index (κ3) is 4.93. The molecule has 0 saturated carbocycles. The molecule has 0 saturated heterocycles. The lowest BCUT2D eigenvalue weighted by Crippen LogP contribution is -2.16. The van der Waals surface area contributed by atoms with Crippen molar-refractivity contribution >= 4 is 38.9 Å². The largest absolute Gasteiger partial charge is 0.322 e. The van der Waals surface area contributed by atoms with Crippen LogP contribution in [0.4, 0.5) is 15.8 Å². The minimum atomic E-state index is -3.81. The summed E-state index contributed by atoms with van der Waals surface area (Å²) < 4.78 is 41.1. The Labute approximate surface area is 173 Å². The Morgan fingerprint density at radius 1 is 0.966 bits per heavy atom. The van der Waals surface area contributed by atoms with Crippen molar-refractivity contribution in [2.45, 2.75) is 18.7 Å². The van der Waals surface area contributed by atoms with Gasteiger partial charge in [-0.1, -0.05) is 35.4 Å². The Kier molecular flexibility index (Phi) is 5.91. The summed E-state index contributed by atoms with van der Waals surface area (Å²) in [5.41, 5.74) is 2.44. The van der Waals surface area contributed by atoms with Crippen molar-refractivity contribution in [2.75, 3.05) is 10.0 Å². The van der Waals surface area contributed by atoms with Crippen molar-refractivity contribution in [3.05, 3.63) is 88.2 Å². The summed E-state index contributed by atoms with van der Waals surface area (Å²) in [5.74, 6) is -1.07. The molecule has 0 radical (unpaired) electrons. The molecule has 3 rings (SSSR count). The summed E-state index contributed by atoms with van der Waals surface area (Å²) in [6.07, 6.45) is 0. The number of carbonyl (C=O) groups excluding carboxylic acids is 1. The highest BCUT2D eigenvalue weighted by Gasteiger charge is 2.17. The van der Waals surface area contributed by atoms with E-state index in [1.165, 1.54) is 30.3 Å². The van der Waals surface area contributed by atoms with Crippen molar-refractivity contribution < 1.29 is 17.6 Å². The molecule has 0 aromatic heterocycles. The van der Waals surface area contributed by atoms with Crippen molar-refractivity contribution in [1.82, 2.24) is 0 Å². The lowest BCUT2D eigenvalue weighted by molar-refractivity contribution is 0.102. The van der Waals surface area contributed by atoms with Gasteiger partial charge in [-0.2, -0.15) is 0 Å². The molecule has 0 fully saturated rings. The van der Waals surface area contributed by atoms with E-state index in [1.807, 2.05) is 6.92 Å². The fourth-order valence-electron chi connectivity index (χ4n) is 2.57. The molecule has 0 heterocycles. The number of anilines is 2. The van der Waals surface area contributed by atoms with Crippen LogP contribution in [0.1, 0.15) is 21.5 Å². The van der Waals surface area contributed by atoms with Crippen LogP contribution in [0.5, 0.6) is 0 Å². The summed E-state index contributed by atoms with van der Waals surface area (Å²) in [5, 5.41) is 2.49. The van der Waals surface area contributed by atoms with Gasteiger partial charge >= 0.3 is 0 Å². The van der Waals surface area contributed by atoms with Crippen LogP contribution in [0.3, 0.4) is 0 Å². The van der Waals surface area contributed by atoms with E-state index in [1.54, 1.807) is 31.2 Å². The van der Waals surface area contributed by atoms with Crippen LogP contribution < -0.4 is 10.0 Å². The zero-order valence-corrected chi connectivity index (χ0v) is 17.2. The van der Waals surface area contributed by atoms with Gasteiger partial charge in [-0.05, 0) is 61.9 Å². The summed E-state index contributed by atoms with van der Waals surface area (Å²) in [7, 11) is -3.81. The van der Waals surface area contributed by atoms with Gasteiger partial charge < -0.3 is 5.32 Å². The minimum absolute atomic E-state index is 0.113. The lowest BCUT2D eigenvalue weighted by atomic mass is 10.1. The van der Waals surface area contributed by atoms with Crippen molar-refractivity contribution in [1.29, 1.82) is 0 Å². The van der Waals surface area contributed by atoms with Gasteiger partial charge in [0.15, 0.2) is 0 Å². The number of hydrogen-bond donors (Lipinski definition) is 2. The van der Waals surface area contributed by atoms with Gasteiger partial charge in [-0.3, -0.25) is 9.52 Å². The molecular formula is C21H18ClFN2O3S. The molecule has 0 spiro atoms. The number of rotatable bonds is 5. The Bertz CT molecular complexity index is 1180. The van der Waals surface area contributed by atoms with Crippen molar-refractivity contribution in [3.63, 3.8) is 0 Å². The molecule has 8 heteroatoms. The molecule has 2 N–H and O–H groups in total. The lowest BCUT2D eigenvalue weighted by Gasteiger charge is -2.13. The third-order valence-electron chi connectivity index (χ3n) is 4.25. The van der Waals surface area contributed by atoms with Crippen LogP contribution in [-0.2, 0) is 10.0 Å². The molecule has 150 valence electrons. The molecule has 29 heavy (non-hydrogen) atoms. The number of benzene rings is 3. The van der Waals surface area contributed by atoms with Gasteiger partial charge in [0.25, 0.3) is 15.9 Å². The van der Waals surface area contributed by atoms with E-state index >= 15 is 0 Å². The zero-order chi connectivity index (χ0) is 21.2. The van der Waals surface area contributed by atoms with Gasteiger partial charge in [0.2, 0.25) is 0 Å². The van der Waals surface area contributed by atoms with E-state index in [2.05, 4.69) is 10.0 Å². The molecule has 0 aliphatic carbocycles. The fraction of sp³-hybridized carbons (Fsp3) is 0.0952. The Balaban J connectivity index is 1.84. The van der Waals surface area contributed by atoms with E-state index in [4.69, 9.17) is 11.6 Å². The van der Waals surface area contributed by atoms with Crippen LogP contribution in [0, 0.1) is 19.7 Å². The summed E-state index contributed by atoms with van der Waals surface area (Å²) >= 11 is 5.73. The second kappa shape index (κ2) is 8.23. The first kappa shape index (κ1) is 20.8. The van der Waals surface area contributed by atoms with Gasteiger partial charge in [0.1, 0.15) is 5.82 Å². The Hall–Kier alpha value is -2.90. The first-order valence-electron chi connectivity index (χ1n) is 8.62. The second-order valence-electron chi connectivity index (χ2n) is 6.53. The van der Waals surface area contributed by atoms with Crippen LogP contribution in [0.2, 0.25) is 5.02 Å². The second-order valence-corrected chi connectivity index (χ2v) is 8.62. The summed E-state index contributed by atoms with van der Waals surface area (Å²) in [6, 6.07) is 14.9. The molecule has 0 bridgehead atoms. The molecule has 3 aromatic rings. The summed E-state index contributed by atoms with van der Waals surface area (Å²) in [6.45, 7) is 3.60. The highest BCUT2D eigenvalue weighted by atomic mass is 35.5. The van der Waals surface area contributed by atoms with Crippen LogP contribution >= 0.6 is 11.6 Å². The average Bonchev–Trinajstić information content (AvgIpc) is 2.66. The standard InChI is InChI=1S/C21H18ClFN2O3S/c1-13-3-8-17(9-4-13)29(27,28)25-20-11-15(6-5-14(20)2)21(26)24-16-7-10-19(23)18(22)12-16/h3-12,25H,1-2H3,(H,24,26). The highest BCUT2D eigenvalue weighted by Crippen LogP contribution is 2.23. The SMILES string of the molecule is Cc1ccc(S(=O)(=O)Nc2cc(C(=O)Nc3ccc(F)c(Cl)c3)ccc2C)cc1. The minimum Gasteiger partial charge on any atom is -0.322 e. The number of hydrogen-bond acceptors (Lipinski definition) is 3. The maximum absolute atomic E-state index is 13.3. The zero-order valence-electron chi connectivity index (χ0n) is 15.7. The van der Waals surface area contributed by atoms with E-state index in [0.29, 0.717) is 11.3 Å². The van der Waals surface area contributed by atoms with Crippen LogP contribution in [0.25, 0.3) is 0 Å². The van der Waals surface area contributed by atoms with Gasteiger partial charge in [0.05, 0.1) is 15.6 Å². The van der Waals surface area contributed by atoms with E-state index in [-0.39, 0.29) is 21.2 Å². The molecule has 1 amide bonds. The molecule has 0 aliphatic heterocycles. The molecule has 5 nitrogen and oxygen atoms in total. The Morgan fingerprint density at radius 3 is 2.31 bits per heavy atom. The van der Waals surface area contributed by atoms with E-state index in [0.717, 1.165) is 11.6 Å². The maximum atomic E-state index is 13.3. The predicted octanol–water partition coefficient (Wildman–Crippen LogP) is 5.15. The number of carbonyl (C=O) groups is 1. The quantitative estimate of drug-likeness (QED) is 0.585. The summed E-state index contributed by atoms with van der Waals surface area (Å²) in [4.78, 5) is 12.6. The molecule has 0 aliphatic rings. The van der Waals surface area contributed by atoms with Crippen molar-refractivity contribution in [3.8, 4) is 0 Å². The molecular weight excluding hydrogens is 415 g/mol. The van der Waals surface area contributed by atoms with E-state index < -0.39 is 21.7 Å². The molecule has 0 unspecified atom stereocenters. The number of nitrogens with one attached hydrogen (secondary N) is 2. The first-order valence-corrected chi connectivity index (χ1v) is 10.5. The number of aryl methyl sites for hydroxylation is 2. The fourth-order valence-corrected chi connectivity index (χ4v) is 3.87. The number of sulfonamides is 1. The number of halogens is 2. The van der Waals surface area contributed by atoms with Crippen LogP contribution in [-0.4, -0.2) is 14.3 Å². The van der Waals surface area contributed by atoms with Crippen LogP contribution in [0.15, 0.2) is 65.6 Å². The normalized spacial score (nSPS) is 11.2. The first-order chi connectivity index (χ1) is 13.7. The topological polar surface area (TPSA) is 75.3 Å². The van der Waals surface area contributed by atoms with Crippen molar-refractivity contribution in [2.24, 2.45) is 0 Å². The van der Waals surface area contributed by atoms with E-state index in [9.17, 15) is 17.6 Å². The van der Waals surface area contributed by atoms with Gasteiger partial charge in [-0.25, -0.2) is 12.8 Å². The van der Waals surface area contributed by atoms with Gasteiger partial charge in [-0.15, -0.1) is 0 Å². The maximum Gasteiger partial charge on any atom is 0.261 e. The highest BCUT2D eigenvalue weighted by molar-refractivity contribution is 7.92. The van der Waals surface area contributed by atoms with Gasteiger partial charge in [0, 0.05) is 11.3 Å². The molecule has 3 aromatic carbocycles. The monoisotopic (exact) mass is 432 g/mol.